The van der Waals surface area contributed by atoms with Crippen LogP contribution in [-0.2, 0) is 14.8 Å². The Morgan fingerprint density at radius 2 is 2.15 bits per heavy atom. The summed E-state index contributed by atoms with van der Waals surface area (Å²) in [5.74, 6) is -0.609. The molecule has 0 saturated heterocycles. The molecule has 5 nitrogen and oxygen atoms in total. The van der Waals surface area contributed by atoms with Gasteiger partial charge in [0.15, 0.2) is 0 Å². The topological polar surface area (TPSA) is 72.5 Å². The van der Waals surface area contributed by atoms with Gasteiger partial charge in [0.05, 0.1) is 7.11 Å². The molecular formula is C13H19NO4S2. The molecule has 1 N–H and O–H groups in total. The maximum absolute atomic E-state index is 12.6. The molecule has 0 amide bonds. The Morgan fingerprint density at radius 1 is 1.50 bits per heavy atom. The minimum Gasteiger partial charge on any atom is -0.465 e. The van der Waals surface area contributed by atoms with Gasteiger partial charge in [-0.2, -0.15) is 0 Å². The van der Waals surface area contributed by atoms with Crippen molar-refractivity contribution in [2.75, 3.05) is 7.11 Å². The first-order valence-electron chi connectivity index (χ1n) is 6.55. The van der Waals surface area contributed by atoms with Crippen molar-refractivity contribution in [3.63, 3.8) is 0 Å². The molecule has 7 heteroatoms. The van der Waals surface area contributed by atoms with Crippen molar-refractivity contribution in [1.29, 1.82) is 0 Å². The summed E-state index contributed by atoms with van der Waals surface area (Å²) < 4.78 is 32.7. The van der Waals surface area contributed by atoms with Crippen LogP contribution < -0.4 is 4.72 Å². The van der Waals surface area contributed by atoms with E-state index in [0.29, 0.717) is 5.56 Å². The van der Waals surface area contributed by atoms with Crippen molar-refractivity contribution in [3.8, 4) is 0 Å². The van der Waals surface area contributed by atoms with Crippen LogP contribution in [0.1, 0.15) is 47.8 Å². The maximum Gasteiger partial charge on any atom is 0.349 e. The van der Waals surface area contributed by atoms with Crippen LogP contribution in [0, 0.1) is 6.92 Å². The van der Waals surface area contributed by atoms with Crippen LogP contribution >= 0.6 is 11.3 Å². The van der Waals surface area contributed by atoms with Crippen LogP contribution in [0.15, 0.2) is 10.3 Å². The summed E-state index contributed by atoms with van der Waals surface area (Å²) in [7, 11) is -2.45. The van der Waals surface area contributed by atoms with Gasteiger partial charge in [-0.15, -0.1) is 11.3 Å². The molecule has 112 valence electrons. The molecule has 1 aromatic rings. The molecule has 0 radical (unpaired) electrons. The number of aryl methyl sites for hydroxylation is 1. The normalized spacial score (nSPS) is 17.6. The van der Waals surface area contributed by atoms with E-state index in [0.717, 1.165) is 37.0 Å². The van der Waals surface area contributed by atoms with E-state index >= 15 is 0 Å². The summed E-state index contributed by atoms with van der Waals surface area (Å²) in [4.78, 5) is 11.9. The molecule has 20 heavy (non-hydrogen) atoms. The van der Waals surface area contributed by atoms with E-state index in [2.05, 4.69) is 9.46 Å². The third kappa shape index (κ3) is 2.62. The largest absolute Gasteiger partial charge is 0.465 e. The number of carbonyl (C=O) groups is 1. The second-order valence-corrected chi connectivity index (χ2v) is 7.66. The molecule has 0 bridgehead atoms. The minimum atomic E-state index is -3.70. The highest BCUT2D eigenvalue weighted by atomic mass is 32.2. The van der Waals surface area contributed by atoms with Gasteiger partial charge in [-0.3, -0.25) is 0 Å². The van der Waals surface area contributed by atoms with Crippen LogP contribution in [0.5, 0.6) is 0 Å². The number of nitrogens with one attached hydrogen (secondary N) is 1. The van der Waals surface area contributed by atoms with Crippen LogP contribution in [0.25, 0.3) is 0 Å². The van der Waals surface area contributed by atoms with Crippen LogP contribution in [-0.4, -0.2) is 27.0 Å². The fraction of sp³-hybridized carbons (Fsp3) is 0.615. The summed E-state index contributed by atoms with van der Waals surface area (Å²) in [6.45, 7) is 3.67. The average molecular weight is 317 g/mol. The van der Waals surface area contributed by atoms with Crippen LogP contribution in [0.2, 0.25) is 0 Å². The van der Waals surface area contributed by atoms with E-state index in [-0.39, 0.29) is 15.3 Å². The molecule has 1 aliphatic rings. The minimum absolute atomic E-state index is 0.0640. The molecule has 2 rings (SSSR count). The first kappa shape index (κ1) is 15.5. The SMILES string of the molecule is CCC1(NS(=O)(=O)c2c(C)csc2C(=O)OC)CCC1. The van der Waals surface area contributed by atoms with Gasteiger partial charge < -0.3 is 4.74 Å². The summed E-state index contributed by atoms with van der Waals surface area (Å²) in [5.41, 5.74) is 0.231. The summed E-state index contributed by atoms with van der Waals surface area (Å²) in [5, 5.41) is 1.67. The molecule has 0 unspecified atom stereocenters. The number of ether oxygens (including phenoxy) is 1. The van der Waals surface area contributed by atoms with Gasteiger partial charge in [-0.05, 0) is 43.6 Å². The van der Waals surface area contributed by atoms with Crippen molar-refractivity contribution in [3.05, 3.63) is 15.8 Å². The van der Waals surface area contributed by atoms with Crippen molar-refractivity contribution < 1.29 is 17.9 Å². The number of thiophene rings is 1. The fourth-order valence-electron chi connectivity index (χ4n) is 2.47. The summed E-state index contributed by atoms with van der Waals surface area (Å²) in [6.07, 6.45) is 3.48. The third-order valence-electron chi connectivity index (χ3n) is 3.90. The average Bonchev–Trinajstić information content (AvgIpc) is 2.75. The van der Waals surface area contributed by atoms with E-state index in [1.165, 1.54) is 7.11 Å². The molecule has 1 saturated carbocycles. The lowest BCUT2D eigenvalue weighted by Crippen LogP contribution is -2.53. The highest BCUT2D eigenvalue weighted by molar-refractivity contribution is 7.89. The van der Waals surface area contributed by atoms with Crippen molar-refractivity contribution in [2.24, 2.45) is 0 Å². The number of hydrogen-bond acceptors (Lipinski definition) is 5. The number of rotatable bonds is 5. The maximum atomic E-state index is 12.6. The van der Waals surface area contributed by atoms with Crippen molar-refractivity contribution in [2.45, 2.75) is 50.0 Å². The fourth-order valence-corrected chi connectivity index (χ4v) is 5.71. The summed E-state index contributed by atoms with van der Waals surface area (Å²) in [6, 6.07) is 0. The molecule has 1 fully saturated rings. The Balaban J connectivity index is 2.39. The van der Waals surface area contributed by atoms with E-state index in [9.17, 15) is 13.2 Å². The first-order valence-corrected chi connectivity index (χ1v) is 8.92. The molecule has 1 aromatic heterocycles. The predicted octanol–water partition coefficient (Wildman–Crippen LogP) is 2.45. The molecule has 1 aliphatic carbocycles. The zero-order valence-electron chi connectivity index (χ0n) is 11.9. The molecule has 1 heterocycles. The Morgan fingerprint density at radius 3 is 2.60 bits per heavy atom. The molecule has 0 aliphatic heterocycles. The van der Waals surface area contributed by atoms with Gasteiger partial charge in [-0.1, -0.05) is 6.92 Å². The van der Waals surface area contributed by atoms with Crippen molar-refractivity contribution in [1.82, 2.24) is 4.72 Å². The lowest BCUT2D eigenvalue weighted by molar-refractivity contribution is 0.0602. The zero-order valence-corrected chi connectivity index (χ0v) is 13.5. The zero-order chi connectivity index (χ0) is 15.0. The Kier molecular flexibility index (Phi) is 4.22. The standard InChI is InChI=1S/C13H19NO4S2/c1-4-13(6-5-7-13)14-20(16,17)11-9(2)8-19-10(11)12(15)18-3/h8,14H,4-7H2,1-3H3. The van der Waals surface area contributed by atoms with E-state index < -0.39 is 16.0 Å². The number of hydrogen-bond donors (Lipinski definition) is 1. The molecule has 0 atom stereocenters. The lowest BCUT2D eigenvalue weighted by atomic mass is 9.76. The van der Waals surface area contributed by atoms with Gasteiger partial charge in [0.1, 0.15) is 9.77 Å². The number of methoxy groups -OCH3 is 1. The van der Waals surface area contributed by atoms with Gasteiger partial charge >= 0.3 is 5.97 Å². The Hall–Kier alpha value is -0.920. The second kappa shape index (κ2) is 5.46. The highest BCUT2D eigenvalue weighted by Crippen LogP contribution is 2.37. The van der Waals surface area contributed by atoms with Gasteiger partial charge in [0, 0.05) is 5.54 Å². The predicted molar refractivity (Wildman–Crippen MR) is 77.6 cm³/mol. The summed E-state index contributed by atoms with van der Waals surface area (Å²) >= 11 is 1.10. The molecule has 0 spiro atoms. The Labute approximate surface area is 123 Å². The van der Waals surface area contributed by atoms with E-state index in [1.54, 1.807) is 12.3 Å². The first-order chi connectivity index (χ1) is 9.35. The second-order valence-electron chi connectivity index (χ2n) is 5.16. The smallest absolute Gasteiger partial charge is 0.349 e. The number of esters is 1. The van der Waals surface area contributed by atoms with Crippen molar-refractivity contribution >= 4 is 27.3 Å². The monoisotopic (exact) mass is 317 g/mol. The Bertz CT molecular complexity index is 609. The molecular weight excluding hydrogens is 298 g/mol. The number of sulfonamides is 1. The van der Waals surface area contributed by atoms with Gasteiger partial charge in [-0.25, -0.2) is 17.9 Å². The molecule has 0 aromatic carbocycles. The lowest BCUT2D eigenvalue weighted by Gasteiger charge is -2.41. The third-order valence-corrected chi connectivity index (χ3v) is 6.87. The van der Waals surface area contributed by atoms with Gasteiger partial charge in [0.25, 0.3) is 0 Å². The van der Waals surface area contributed by atoms with E-state index in [4.69, 9.17) is 0 Å². The number of carbonyl (C=O) groups excluding carboxylic acids is 1. The quantitative estimate of drug-likeness (QED) is 0.847. The van der Waals surface area contributed by atoms with Crippen LogP contribution in [0.3, 0.4) is 0 Å². The van der Waals surface area contributed by atoms with E-state index in [1.807, 2.05) is 6.92 Å². The van der Waals surface area contributed by atoms with Gasteiger partial charge in [0.2, 0.25) is 10.0 Å². The highest BCUT2D eigenvalue weighted by Gasteiger charge is 2.40. The van der Waals surface area contributed by atoms with Crippen LogP contribution in [0.4, 0.5) is 0 Å².